The smallest absolute Gasteiger partial charge is 0.0714 e. The van der Waals surface area contributed by atoms with Crippen molar-refractivity contribution in [3.05, 3.63) is 326 Å². The average molecular weight is 955 g/mol. The van der Waals surface area contributed by atoms with Gasteiger partial charge in [-0.25, -0.2) is 0 Å². The highest BCUT2D eigenvalue weighted by Crippen LogP contribution is 2.57. The van der Waals surface area contributed by atoms with Gasteiger partial charge in [0.15, 0.2) is 0 Å². The van der Waals surface area contributed by atoms with E-state index >= 15 is 0 Å². The lowest BCUT2D eigenvalue weighted by atomic mass is 9.67. The van der Waals surface area contributed by atoms with E-state index in [1.54, 1.807) is 0 Å². The van der Waals surface area contributed by atoms with Crippen LogP contribution in [0.1, 0.15) is 22.3 Å². The number of benzene rings is 12. The standard InChI is InChI=1S/C73H50N2/c1-5-21-51(22-6-1)55-25-19-31-60(47-55)74(61-32-20-26-56(48-61)52-23-7-2-8-24-52)70-37-17-14-33-63(70)54-41-39-53(40-42-54)57-43-45-67-66-35-15-18-38-71(66)75(72(67)49-57)62-44-46-65-64-34-13-16-36-68(64)73(69(65)50-62,58-27-9-3-10-28-58)59-29-11-4-12-30-59/h1-50H. The predicted molar refractivity (Wildman–Crippen MR) is 315 cm³/mol. The molecule has 2 nitrogen and oxygen atoms in total. The van der Waals surface area contributed by atoms with E-state index in [0.717, 1.165) is 39.4 Å². The third kappa shape index (κ3) is 7.41. The molecule has 0 bridgehead atoms. The summed E-state index contributed by atoms with van der Waals surface area (Å²) in [4.78, 5) is 2.41. The van der Waals surface area contributed by atoms with Gasteiger partial charge in [0.2, 0.25) is 0 Å². The summed E-state index contributed by atoms with van der Waals surface area (Å²) in [6.45, 7) is 0. The molecule has 0 saturated heterocycles. The van der Waals surface area contributed by atoms with E-state index in [4.69, 9.17) is 0 Å². The quantitative estimate of drug-likeness (QED) is 0.133. The van der Waals surface area contributed by atoms with Crippen LogP contribution in [0.3, 0.4) is 0 Å². The molecule has 1 aliphatic rings. The molecule has 0 aliphatic heterocycles. The van der Waals surface area contributed by atoms with Crippen LogP contribution in [0.4, 0.5) is 17.1 Å². The van der Waals surface area contributed by atoms with Crippen molar-refractivity contribution in [2.75, 3.05) is 4.90 Å². The summed E-state index contributed by atoms with van der Waals surface area (Å²) in [5.74, 6) is 0. The summed E-state index contributed by atoms with van der Waals surface area (Å²) in [5, 5.41) is 2.47. The van der Waals surface area contributed by atoms with Crippen LogP contribution < -0.4 is 4.90 Å². The summed E-state index contributed by atoms with van der Waals surface area (Å²) >= 11 is 0. The number of hydrogen-bond donors (Lipinski definition) is 0. The highest BCUT2D eigenvalue weighted by Gasteiger charge is 2.46. The second-order valence-electron chi connectivity index (χ2n) is 19.6. The SMILES string of the molecule is c1ccc(-c2cccc(N(c3cccc(-c4ccccc4)c3)c3ccccc3-c3ccc(-c4ccc5c6ccccc6n(-c6ccc7c(c6)C(c6ccccc6)(c6ccccc6)c6ccccc6-7)c5c4)cc3)c2)cc1. The zero-order valence-electron chi connectivity index (χ0n) is 41.3. The maximum atomic E-state index is 2.48. The fraction of sp³-hybridized carbons (Fsp3) is 0.0137. The van der Waals surface area contributed by atoms with Gasteiger partial charge in [-0.05, 0) is 127 Å². The van der Waals surface area contributed by atoms with Gasteiger partial charge in [-0.3, -0.25) is 0 Å². The van der Waals surface area contributed by atoms with Gasteiger partial charge in [0.1, 0.15) is 0 Å². The van der Waals surface area contributed by atoms with Gasteiger partial charge in [-0.15, -0.1) is 0 Å². The van der Waals surface area contributed by atoms with Crippen LogP contribution >= 0.6 is 0 Å². The van der Waals surface area contributed by atoms with Crippen LogP contribution in [0.5, 0.6) is 0 Å². The Kier molecular flexibility index (Phi) is 10.8. The van der Waals surface area contributed by atoms with Crippen LogP contribution in [0.15, 0.2) is 303 Å². The summed E-state index contributed by atoms with van der Waals surface area (Å²) < 4.78 is 2.48. The maximum absolute atomic E-state index is 2.48. The van der Waals surface area contributed by atoms with Crippen molar-refractivity contribution in [1.29, 1.82) is 0 Å². The number of aromatic nitrogens is 1. The van der Waals surface area contributed by atoms with Crippen molar-refractivity contribution in [2.24, 2.45) is 0 Å². The molecule has 2 heteroatoms. The topological polar surface area (TPSA) is 8.17 Å². The Morgan fingerprint density at radius 3 is 1.39 bits per heavy atom. The van der Waals surface area contributed by atoms with Gasteiger partial charge in [-0.1, -0.05) is 249 Å². The number of rotatable bonds is 10. The monoisotopic (exact) mass is 954 g/mol. The summed E-state index contributed by atoms with van der Waals surface area (Å²) in [6, 6.07) is 111. The Hall–Kier alpha value is -9.76. The Morgan fingerprint density at radius 2 is 0.733 bits per heavy atom. The van der Waals surface area contributed by atoms with Crippen molar-refractivity contribution >= 4 is 38.9 Å². The number of nitrogens with zero attached hydrogens (tertiary/aromatic N) is 2. The fourth-order valence-corrected chi connectivity index (χ4v) is 12.1. The highest BCUT2D eigenvalue weighted by atomic mass is 15.1. The molecule has 0 unspecified atom stereocenters. The Balaban J connectivity index is 0.885. The van der Waals surface area contributed by atoms with Gasteiger partial charge in [0.05, 0.1) is 22.1 Å². The lowest BCUT2D eigenvalue weighted by molar-refractivity contribution is 0.767. The maximum Gasteiger partial charge on any atom is 0.0714 e. The number of para-hydroxylation sites is 2. The fourth-order valence-electron chi connectivity index (χ4n) is 12.1. The summed E-state index contributed by atoms with van der Waals surface area (Å²) in [6.07, 6.45) is 0. The molecule has 1 aromatic heterocycles. The van der Waals surface area contributed by atoms with Gasteiger partial charge in [0.25, 0.3) is 0 Å². The zero-order valence-corrected chi connectivity index (χ0v) is 41.3. The predicted octanol–water partition coefficient (Wildman–Crippen LogP) is 19.3. The first-order valence-corrected chi connectivity index (χ1v) is 25.9. The van der Waals surface area contributed by atoms with Crippen molar-refractivity contribution < 1.29 is 0 Å². The molecule has 14 rings (SSSR count). The normalized spacial score (nSPS) is 12.4. The van der Waals surface area contributed by atoms with E-state index in [2.05, 4.69) is 313 Å². The Labute approximate surface area is 438 Å². The van der Waals surface area contributed by atoms with Crippen LogP contribution in [-0.4, -0.2) is 4.57 Å². The average Bonchev–Trinajstić information content (AvgIpc) is 4.11. The molecule has 1 heterocycles. The van der Waals surface area contributed by atoms with Crippen molar-refractivity contribution in [3.8, 4) is 61.3 Å². The van der Waals surface area contributed by atoms with E-state index in [-0.39, 0.29) is 0 Å². The van der Waals surface area contributed by atoms with E-state index in [1.807, 2.05) is 0 Å². The molecule has 1 aliphatic carbocycles. The molecule has 0 atom stereocenters. The number of hydrogen-bond acceptors (Lipinski definition) is 1. The lowest BCUT2D eigenvalue weighted by Gasteiger charge is -2.34. The van der Waals surface area contributed by atoms with Crippen molar-refractivity contribution in [3.63, 3.8) is 0 Å². The third-order valence-electron chi connectivity index (χ3n) is 15.5. The molecule has 75 heavy (non-hydrogen) atoms. The highest BCUT2D eigenvalue weighted by molar-refractivity contribution is 6.10. The first-order valence-electron chi connectivity index (χ1n) is 25.9. The molecular formula is C73H50N2. The molecule has 12 aromatic carbocycles. The molecule has 13 aromatic rings. The minimum atomic E-state index is -0.496. The van der Waals surface area contributed by atoms with E-state index in [0.29, 0.717) is 0 Å². The molecule has 0 spiro atoms. The van der Waals surface area contributed by atoms with Crippen molar-refractivity contribution in [1.82, 2.24) is 4.57 Å². The Bertz CT molecular complexity index is 4090. The minimum Gasteiger partial charge on any atom is -0.310 e. The molecule has 0 amide bonds. The van der Waals surface area contributed by atoms with Crippen LogP contribution in [-0.2, 0) is 5.41 Å². The van der Waals surface area contributed by atoms with E-state index < -0.39 is 5.41 Å². The zero-order chi connectivity index (χ0) is 49.7. The van der Waals surface area contributed by atoms with Gasteiger partial charge in [-0.2, -0.15) is 0 Å². The lowest BCUT2D eigenvalue weighted by Crippen LogP contribution is -2.28. The van der Waals surface area contributed by atoms with Crippen LogP contribution in [0, 0.1) is 0 Å². The van der Waals surface area contributed by atoms with Crippen molar-refractivity contribution in [2.45, 2.75) is 5.41 Å². The number of anilines is 3. The van der Waals surface area contributed by atoms with Crippen LogP contribution in [0.2, 0.25) is 0 Å². The molecule has 0 saturated carbocycles. The largest absolute Gasteiger partial charge is 0.310 e. The van der Waals surface area contributed by atoms with E-state index in [9.17, 15) is 0 Å². The second kappa shape index (κ2) is 18.4. The van der Waals surface area contributed by atoms with E-state index in [1.165, 1.54) is 83.0 Å². The molecule has 0 fully saturated rings. The van der Waals surface area contributed by atoms with Gasteiger partial charge >= 0.3 is 0 Å². The summed E-state index contributed by atoms with van der Waals surface area (Å²) in [7, 11) is 0. The molecule has 0 radical (unpaired) electrons. The molecule has 0 N–H and O–H groups in total. The molecule has 352 valence electrons. The third-order valence-corrected chi connectivity index (χ3v) is 15.5. The van der Waals surface area contributed by atoms with Gasteiger partial charge < -0.3 is 9.47 Å². The minimum absolute atomic E-state index is 0.496. The van der Waals surface area contributed by atoms with Crippen LogP contribution in [0.25, 0.3) is 83.1 Å². The first kappa shape index (κ1) is 44.0. The first-order chi connectivity index (χ1) is 37.2. The second-order valence-corrected chi connectivity index (χ2v) is 19.6. The number of fused-ring (bicyclic) bond motifs is 6. The van der Waals surface area contributed by atoms with Gasteiger partial charge in [0, 0.05) is 33.4 Å². The summed E-state index contributed by atoms with van der Waals surface area (Å²) in [5.41, 5.74) is 23.3. The molecular weight excluding hydrogens is 905 g/mol. The Morgan fingerprint density at radius 1 is 0.267 bits per heavy atom.